The molecule has 0 aliphatic carbocycles. The summed E-state index contributed by atoms with van der Waals surface area (Å²) in [6.07, 6.45) is 1.59. The van der Waals surface area contributed by atoms with E-state index < -0.39 is 11.7 Å². The van der Waals surface area contributed by atoms with Crippen molar-refractivity contribution in [3.05, 3.63) is 57.5 Å². The summed E-state index contributed by atoms with van der Waals surface area (Å²) < 4.78 is 21.4. The van der Waals surface area contributed by atoms with Gasteiger partial charge < -0.3 is 24.8 Å². The summed E-state index contributed by atoms with van der Waals surface area (Å²) in [6, 6.07) is 4.20. The molecule has 178 valence electrons. The van der Waals surface area contributed by atoms with Gasteiger partial charge in [0.25, 0.3) is 11.5 Å². The van der Waals surface area contributed by atoms with Crippen LogP contribution in [0.15, 0.2) is 29.2 Å². The molecule has 3 aromatic heterocycles. The minimum absolute atomic E-state index is 0.0424. The number of nitrogens with zero attached hydrogens (tertiary/aromatic N) is 5. The number of morpholine rings is 1. The van der Waals surface area contributed by atoms with Gasteiger partial charge in [-0.2, -0.15) is 9.61 Å². The van der Waals surface area contributed by atoms with E-state index in [2.05, 4.69) is 20.7 Å². The van der Waals surface area contributed by atoms with Gasteiger partial charge in [-0.05, 0) is 18.6 Å². The van der Waals surface area contributed by atoms with E-state index in [9.17, 15) is 18.8 Å². The van der Waals surface area contributed by atoms with Crippen LogP contribution in [0.5, 0.6) is 0 Å². The Labute approximate surface area is 193 Å². The predicted molar refractivity (Wildman–Crippen MR) is 119 cm³/mol. The second-order valence-corrected chi connectivity index (χ2v) is 8.30. The number of ether oxygens (including phenoxy) is 1. The highest BCUT2D eigenvalue weighted by Crippen LogP contribution is 2.23. The highest BCUT2D eigenvalue weighted by Gasteiger charge is 2.36. The number of hydrogen-bond donors (Lipinski definition) is 2. The summed E-state index contributed by atoms with van der Waals surface area (Å²) >= 11 is 0. The molecule has 5 heterocycles. The Morgan fingerprint density at radius 3 is 2.91 bits per heavy atom. The van der Waals surface area contributed by atoms with Crippen molar-refractivity contribution in [3.8, 4) is 0 Å². The number of halogens is 1. The van der Waals surface area contributed by atoms with Crippen LogP contribution in [-0.2, 0) is 29.0 Å². The molecule has 0 bridgehead atoms. The van der Waals surface area contributed by atoms with Crippen molar-refractivity contribution in [2.24, 2.45) is 0 Å². The Kier molecular flexibility index (Phi) is 5.84. The number of pyridine rings is 1. The van der Waals surface area contributed by atoms with Crippen molar-refractivity contribution >= 4 is 23.3 Å². The average molecular weight is 469 g/mol. The van der Waals surface area contributed by atoms with E-state index in [4.69, 9.17) is 4.74 Å². The Morgan fingerprint density at radius 2 is 2.21 bits per heavy atom. The SMILES string of the molecule is CCc1cc2n(CC(=O)Nc3ccc(F)cn3)c3c(c(=O)n2n1)CN(C[C@@H]1COCCN1)C3=O. The number of hydrogen-bond acceptors (Lipinski definition) is 7. The first-order chi connectivity index (χ1) is 16.4. The molecule has 1 saturated heterocycles. The van der Waals surface area contributed by atoms with Crippen molar-refractivity contribution in [2.75, 3.05) is 31.6 Å². The van der Waals surface area contributed by atoms with Crippen molar-refractivity contribution in [3.63, 3.8) is 0 Å². The van der Waals surface area contributed by atoms with E-state index in [0.29, 0.717) is 49.6 Å². The zero-order chi connectivity index (χ0) is 23.8. The molecule has 0 saturated carbocycles. The van der Waals surface area contributed by atoms with Gasteiger partial charge in [-0.1, -0.05) is 6.92 Å². The zero-order valence-electron chi connectivity index (χ0n) is 18.6. The molecule has 0 unspecified atom stereocenters. The van der Waals surface area contributed by atoms with Crippen molar-refractivity contribution in [1.82, 2.24) is 29.4 Å². The number of aromatic nitrogens is 4. The Morgan fingerprint density at radius 1 is 1.35 bits per heavy atom. The lowest BCUT2D eigenvalue weighted by molar-refractivity contribution is -0.116. The minimum atomic E-state index is -0.521. The van der Waals surface area contributed by atoms with E-state index in [1.165, 1.54) is 21.2 Å². The predicted octanol–water partition coefficient (Wildman–Crippen LogP) is 0.175. The normalized spacial score (nSPS) is 17.9. The molecule has 2 aliphatic rings. The monoisotopic (exact) mass is 469 g/mol. The molecule has 1 atom stereocenters. The van der Waals surface area contributed by atoms with Crippen LogP contribution in [0.4, 0.5) is 10.2 Å². The number of amides is 2. The molecule has 5 rings (SSSR count). The third-order valence-corrected chi connectivity index (χ3v) is 5.96. The number of nitrogens with one attached hydrogen (secondary N) is 2. The van der Waals surface area contributed by atoms with Gasteiger partial charge in [0.15, 0.2) is 0 Å². The summed E-state index contributed by atoms with van der Waals surface area (Å²) in [6.45, 7) is 3.95. The Bertz CT molecular complexity index is 1310. The summed E-state index contributed by atoms with van der Waals surface area (Å²) in [4.78, 5) is 44.9. The molecule has 2 aliphatic heterocycles. The van der Waals surface area contributed by atoms with Gasteiger partial charge in [0.1, 0.15) is 29.5 Å². The quantitative estimate of drug-likeness (QED) is 0.528. The summed E-state index contributed by atoms with van der Waals surface area (Å²) in [5.41, 5.74) is 1.14. The van der Waals surface area contributed by atoms with Crippen LogP contribution in [-0.4, -0.2) is 68.2 Å². The lowest BCUT2D eigenvalue weighted by Gasteiger charge is -2.27. The molecule has 0 radical (unpaired) electrons. The summed E-state index contributed by atoms with van der Waals surface area (Å²) in [5.74, 6) is -1.14. The highest BCUT2D eigenvalue weighted by molar-refractivity contribution is 5.98. The lowest BCUT2D eigenvalue weighted by Crippen LogP contribution is -2.48. The fraction of sp³-hybridized carbons (Fsp3) is 0.409. The van der Waals surface area contributed by atoms with Gasteiger partial charge in [-0.15, -0.1) is 0 Å². The molecule has 34 heavy (non-hydrogen) atoms. The van der Waals surface area contributed by atoms with E-state index in [1.54, 1.807) is 11.0 Å². The third kappa shape index (κ3) is 4.05. The molecule has 3 aromatic rings. The van der Waals surface area contributed by atoms with Crippen LogP contribution in [0.25, 0.3) is 5.65 Å². The molecule has 2 N–H and O–H groups in total. The van der Waals surface area contributed by atoms with E-state index in [-0.39, 0.29) is 42.1 Å². The first-order valence-electron chi connectivity index (χ1n) is 11.1. The van der Waals surface area contributed by atoms with Gasteiger partial charge in [0.2, 0.25) is 5.91 Å². The maximum absolute atomic E-state index is 13.4. The molecule has 1 fully saturated rings. The molecule has 0 spiro atoms. The lowest BCUT2D eigenvalue weighted by atomic mass is 10.2. The molecule has 12 heteroatoms. The number of rotatable bonds is 6. The molecule has 2 amide bonds. The van der Waals surface area contributed by atoms with Gasteiger partial charge in [0.05, 0.1) is 37.2 Å². The van der Waals surface area contributed by atoms with Crippen LogP contribution in [0, 0.1) is 5.82 Å². The summed E-state index contributed by atoms with van der Waals surface area (Å²) in [7, 11) is 0. The molecule has 0 aromatic carbocycles. The number of carbonyl (C=O) groups excluding carboxylic acids is 2. The fourth-order valence-electron chi connectivity index (χ4n) is 4.33. The summed E-state index contributed by atoms with van der Waals surface area (Å²) in [5, 5.41) is 10.3. The largest absolute Gasteiger partial charge is 0.378 e. The average Bonchev–Trinajstić information content (AvgIpc) is 3.41. The van der Waals surface area contributed by atoms with Gasteiger partial charge in [-0.25, -0.2) is 9.37 Å². The maximum atomic E-state index is 13.4. The fourth-order valence-corrected chi connectivity index (χ4v) is 4.33. The third-order valence-electron chi connectivity index (χ3n) is 5.96. The zero-order valence-corrected chi connectivity index (χ0v) is 18.6. The second-order valence-electron chi connectivity index (χ2n) is 8.30. The van der Waals surface area contributed by atoms with E-state index in [0.717, 1.165) is 6.20 Å². The minimum Gasteiger partial charge on any atom is -0.378 e. The van der Waals surface area contributed by atoms with Crippen LogP contribution in [0.1, 0.15) is 28.7 Å². The van der Waals surface area contributed by atoms with Crippen molar-refractivity contribution in [1.29, 1.82) is 0 Å². The number of aryl methyl sites for hydroxylation is 1. The number of carbonyl (C=O) groups is 2. The van der Waals surface area contributed by atoms with Crippen LogP contribution >= 0.6 is 0 Å². The van der Waals surface area contributed by atoms with Gasteiger partial charge >= 0.3 is 0 Å². The Hall–Kier alpha value is -3.64. The van der Waals surface area contributed by atoms with Crippen LogP contribution in [0.3, 0.4) is 0 Å². The molecular formula is C22H24FN7O4. The second kappa shape index (κ2) is 8.95. The van der Waals surface area contributed by atoms with E-state index >= 15 is 0 Å². The number of anilines is 1. The topological polar surface area (TPSA) is 123 Å². The van der Waals surface area contributed by atoms with Crippen molar-refractivity contribution < 1.29 is 18.7 Å². The Balaban J connectivity index is 1.50. The first-order valence-corrected chi connectivity index (χ1v) is 11.1. The standard InChI is InChI=1S/C22H24FN7O4/c1-2-14-7-19-29(11-18(31)26-17-4-3-13(23)8-25-17)20-16(21(32)30(19)27-14)10-28(22(20)33)9-15-12-34-6-5-24-15/h3-4,7-8,15,24H,2,5-6,9-12H2,1H3,(H,25,26,31)/t15-/m1/s1. The van der Waals surface area contributed by atoms with Crippen molar-refractivity contribution in [2.45, 2.75) is 32.5 Å². The molecular weight excluding hydrogens is 445 g/mol. The molecule has 11 nitrogen and oxygen atoms in total. The van der Waals surface area contributed by atoms with Gasteiger partial charge in [0, 0.05) is 25.2 Å². The first kappa shape index (κ1) is 22.2. The number of fused-ring (bicyclic) bond motifs is 2. The van der Waals surface area contributed by atoms with E-state index in [1.807, 2.05) is 6.92 Å². The maximum Gasteiger partial charge on any atom is 0.280 e. The highest BCUT2D eigenvalue weighted by atomic mass is 19.1. The van der Waals surface area contributed by atoms with Crippen LogP contribution in [0.2, 0.25) is 0 Å². The van der Waals surface area contributed by atoms with Crippen LogP contribution < -0.4 is 16.2 Å². The smallest absolute Gasteiger partial charge is 0.280 e. The van der Waals surface area contributed by atoms with Gasteiger partial charge in [-0.3, -0.25) is 14.4 Å².